The molecule has 1 atom stereocenters. The molecular formula is C15H13Cl2FO2. The van der Waals surface area contributed by atoms with E-state index >= 15 is 0 Å². The van der Waals surface area contributed by atoms with Crippen molar-refractivity contribution in [2.75, 3.05) is 0 Å². The van der Waals surface area contributed by atoms with Gasteiger partial charge in [0.1, 0.15) is 18.2 Å². The maximum Gasteiger partial charge on any atom is 0.142 e. The molecule has 0 fully saturated rings. The zero-order valence-electron chi connectivity index (χ0n) is 10.7. The van der Waals surface area contributed by atoms with E-state index in [0.717, 1.165) is 0 Å². The Morgan fingerprint density at radius 1 is 1.25 bits per heavy atom. The van der Waals surface area contributed by atoms with E-state index in [-0.39, 0.29) is 11.6 Å². The zero-order valence-corrected chi connectivity index (χ0v) is 12.2. The SMILES string of the molecule is C[C@H](O)c1cc(Cl)ccc1OCc1cccc(F)c1Cl. The van der Waals surface area contributed by atoms with Crippen LogP contribution >= 0.6 is 23.2 Å². The van der Waals surface area contributed by atoms with Crippen LogP contribution in [0.2, 0.25) is 10.0 Å². The Morgan fingerprint density at radius 2 is 2.00 bits per heavy atom. The van der Waals surface area contributed by atoms with Crippen LogP contribution in [0.4, 0.5) is 4.39 Å². The molecule has 0 radical (unpaired) electrons. The molecule has 2 rings (SSSR count). The number of aliphatic hydroxyl groups is 1. The fourth-order valence-corrected chi connectivity index (χ4v) is 2.15. The third kappa shape index (κ3) is 3.42. The number of ether oxygens (including phenoxy) is 1. The van der Waals surface area contributed by atoms with Crippen LogP contribution in [-0.4, -0.2) is 5.11 Å². The average molecular weight is 315 g/mol. The lowest BCUT2D eigenvalue weighted by atomic mass is 10.1. The predicted octanol–water partition coefficient (Wildman–Crippen LogP) is 4.76. The van der Waals surface area contributed by atoms with E-state index < -0.39 is 11.9 Å². The highest BCUT2D eigenvalue weighted by Crippen LogP contribution is 2.29. The highest BCUT2D eigenvalue weighted by Gasteiger charge is 2.12. The number of rotatable bonds is 4. The lowest BCUT2D eigenvalue weighted by Crippen LogP contribution is -2.02. The van der Waals surface area contributed by atoms with Crippen LogP contribution in [-0.2, 0) is 6.61 Å². The van der Waals surface area contributed by atoms with Crippen molar-refractivity contribution in [2.24, 2.45) is 0 Å². The van der Waals surface area contributed by atoms with Gasteiger partial charge in [-0.15, -0.1) is 0 Å². The van der Waals surface area contributed by atoms with Crippen LogP contribution < -0.4 is 4.74 Å². The highest BCUT2D eigenvalue weighted by atomic mass is 35.5. The number of hydrogen-bond acceptors (Lipinski definition) is 2. The molecule has 0 saturated heterocycles. The van der Waals surface area contributed by atoms with Crippen LogP contribution in [0.3, 0.4) is 0 Å². The van der Waals surface area contributed by atoms with Crippen LogP contribution in [0.25, 0.3) is 0 Å². The molecule has 2 aromatic rings. The summed E-state index contributed by atoms with van der Waals surface area (Å²) in [4.78, 5) is 0. The topological polar surface area (TPSA) is 29.5 Å². The fraction of sp³-hybridized carbons (Fsp3) is 0.200. The molecule has 0 amide bonds. The van der Waals surface area contributed by atoms with Crippen molar-refractivity contribution in [3.8, 4) is 5.75 Å². The van der Waals surface area contributed by atoms with Gasteiger partial charge in [-0.1, -0.05) is 35.3 Å². The molecule has 0 heterocycles. The van der Waals surface area contributed by atoms with Crippen molar-refractivity contribution >= 4 is 23.2 Å². The quantitative estimate of drug-likeness (QED) is 0.881. The minimum atomic E-state index is -0.716. The molecule has 0 spiro atoms. The van der Waals surface area contributed by atoms with E-state index in [1.807, 2.05) is 0 Å². The van der Waals surface area contributed by atoms with Crippen LogP contribution in [0, 0.1) is 5.82 Å². The molecule has 0 bridgehead atoms. The molecule has 2 nitrogen and oxygen atoms in total. The van der Waals surface area contributed by atoms with Gasteiger partial charge in [-0.3, -0.25) is 0 Å². The number of hydrogen-bond donors (Lipinski definition) is 1. The molecule has 0 aliphatic carbocycles. The van der Waals surface area contributed by atoms with E-state index in [1.165, 1.54) is 6.07 Å². The summed E-state index contributed by atoms with van der Waals surface area (Å²) in [6.45, 7) is 1.73. The summed E-state index contributed by atoms with van der Waals surface area (Å²) < 4.78 is 18.9. The van der Waals surface area contributed by atoms with Gasteiger partial charge in [-0.2, -0.15) is 0 Å². The lowest BCUT2D eigenvalue weighted by molar-refractivity contribution is 0.190. The fourth-order valence-electron chi connectivity index (χ4n) is 1.79. The highest BCUT2D eigenvalue weighted by molar-refractivity contribution is 6.31. The summed E-state index contributed by atoms with van der Waals surface area (Å²) in [6, 6.07) is 9.50. The normalized spacial score (nSPS) is 12.2. The Labute approximate surface area is 126 Å². The van der Waals surface area contributed by atoms with Gasteiger partial charge in [-0.25, -0.2) is 4.39 Å². The van der Waals surface area contributed by atoms with Gasteiger partial charge in [0.2, 0.25) is 0 Å². The van der Waals surface area contributed by atoms with Gasteiger partial charge < -0.3 is 9.84 Å². The van der Waals surface area contributed by atoms with E-state index in [0.29, 0.717) is 21.9 Å². The number of aliphatic hydroxyl groups excluding tert-OH is 1. The Bertz CT molecular complexity index is 615. The second-order valence-electron chi connectivity index (χ2n) is 4.36. The second-order valence-corrected chi connectivity index (χ2v) is 5.17. The molecule has 0 aromatic heterocycles. The van der Waals surface area contributed by atoms with Crippen LogP contribution in [0.1, 0.15) is 24.2 Å². The first-order chi connectivity index (χ1) is 9.49. The summed E-state index contributed by atoms with van der Waals surface area (Å²) in [5.74, 6) is 0.00403. The molecule has 1 N–H and O–H groups in total. The molecule has 106 valence electrons. The Balaban J connectivity index is 2.21. The van der Waals surface area contributed by atoms with Gasteiger partial charge in [0.15, 0.2) is 0 Å². The molecule has 20 heavy (non-hydrogen) atoms. The van der Waals surface area contributed by atoms with Gasteiger partial charge in [0.05, 0.1) is 11.1 Å². The molecule has 0 aliphatic heterocycles. The minimum absolute atomic E-state index is 0.0417. The molecule has 0 unspecified atom stereocenters. The van der Waals surface area contributed by atoms with Gasteiger partial charge in [0, 0.05) is 16.1 Å². The Morgan fingerprint density at radius 3 is 2.70 bits per heavy atom. The smallest absolute Gasteiger partial charge is 0.142 e. The number of halogens is 3. The third-order valence-electron chi connectivity index (χ3n) is 2.84. The Kier molecular flexibility index (Phi) is 4.86. The van der Waals surface area contributed by atoms with Crippen LogP contribution in [0.5, 0.6) is 5.75 Å². The molecule has 0 aliphatic rings. The van der Waals surface area contributed by atoms with Crippen molar-refractivity contribution < 1.29 is 14.2 Å². The molecule has 5 heteroatoms. The van der Waals surface area contributed by atoms with Gasteiger partial charge in [0.25, 0.3) is 0 Å². The first kappa shape index (κ1) is 15.1. The summed E-state index contributed by atoms with van der Waals surface area (Å²) in [5, 5.41) is 10.3. The van der Waals surface area contributed by atoms with E-state index in [4.69, 9.17) is 27.9 Å². The standard InChI is InChI=1S/C15H13Cl2FO2/c1-9(19)12-7-11(16)5-6-14(12)20-8-10-3-2-4-13(18)15(10)17/h2-7,9,19H,8H2,1H3/t9-/m0/s1. The lowest BCUT2D eigenvalue weighted by Gasteiger charge is -2.14. The van der Waals surface area contributed by atoms with Crippen molar-refractivity contribution in [3.63, 3.8) is 0 Å². The van der Waals surface area contributed by atoms with E-state index in [9.17, 15) is 9.50 Å². The third-order valence-corrected chi connectivity index (χ3v) is 3.50. The first-order valence-corrected chi connectivity index (χ1v) is 6.78. The second kappa shape index (κ2) is 6.44. The zero-order chi connectivity index (χ0) is 14.7. The van der Waals surface area contributed by atoms with Crippen molar-refractivity contribution in [2.45, 2.75) is 19.6 Å². The summed E-state index contributed by atoms with van der Waals surface area (Å²) >= 11 is 11.7. The maximum absolute atomic E-state index is 13.3. The van der Waals surface area contributed by atoms with Crippen molar-refractivity contribution in [1.29, 1.82) is 0 Å². The van der Waals surface area contributed by atoms with Crippen LogP contribution in [0.15, 0.2) is 36.4 Å². The van der Waals surface area contributed by atoms with Gasteiger partial charge in [-0.05, 0) is 31.2 Å². The van der Waals surface area contributed by atoms with Crippen molar-refractivity contribution in [1.82, 2.24) is 0 Å². The molecule has 0 saturated carbocycles. The number of benzene rings is 2. The van der Waals surface area contributed by atoms with E-state index in [2.05, 4.69) is 0 Å². The van der Waals surface area contributed by atoms with Gasteiger partial charge >= 0.3 is 0 Å². The van der Waals surface area contributed by atoms with E-state index in [1.54, 1.807) is 37.3 Å². The first-order valence-electron chi connectivity index (χ1n) is 6.02. The maximum atomic E-state index is 13.3. The average Bonchev–Trinajstić information content (AvgIpc) is 2.41. The predicted molar refractivity (Wildman–Crippen MR) is 77.8 cm³/mol. The minimum Gasteiger partial charge on any atom is -0.488 e. The Hall–Kier alpha value is -1.29. The molecular weight excluding hydrogens is 302 g/mol. The summed E-state index contributed by atoms with van der Waals surface area (Å²) in [5.41, 5.74) is 1.11. The largest absolute Gasteiger partial charge is 0.488 e. The van der Waals surface area contributed by atoms with Crippen molar-refractivity contribution in [3.05, 3.63) is 63.4 Å². The molecule has 2 aromatic carbocycles. The monoisotopic (exact) mass is 314 g/mol. The summed E-state index contributed by atoms with van der Waals surface area (Å²) in [7, 11) is 0. The summed E-state index contributed by atoms with van der Waals surface area (Å²) in [6.07, 6.45) is -0.716.